The molecule has 0 bridgehead atoms. The topological polar surface area (TPSA) is 70.3 Å². The first kappa shape index (κ1) is 22.5. The average molecular weight is 479 g/mol. The summed E-state index contributed by atoms with van der Waals surface area (Å²) in [6.45, 7) is 4.91. The van der Waals surface area contributed by atoms with Crippen LogP contribution in [0.4, 0.5) is 11.4 Å². The second kappa shape index (κ2) is 9.91. The number of nitrogens with one attached hydrogen (secondary N) is 1. The van der Waals surface area contributed by atoms with E-state index in [2.05, 4.69) is 16.3 Å². The Balaban J connectivity index is 1.39. The first-order chi connectivity index (χ1) is 16.6. The molecule has 7 nitrogen and oxygen atoms in total. The van der Waals surface area contributed by atoms with Crippen LogP contribution >= 0.6 is 11.6 Å². The van der Waals surface area contributed by atoms with Crippen LogP contribution in [0.3, 0.4) is 0 Å². The van der Waals surface area contributed by atoms with Crippen molar-refractivity contribution < 1.29 is 13.9 Å². The maximum atomic E-state index is 13.6. The maximum Gasteiger partial charge on any atom is 0.265 e. The minimum Gasteiger partial charge on any atom is -0.467 e. The van der Waals surface area contributed by atoms with Crippen LogP contribution in [0.5, 0.6) is 0 Å². The molecule has 1 aromatic heterocycles. The molecule has 3 heterocycles. The number of ether oxygens (including phenoxy) is 1. The number of rotatable bonds is 6. The Labute approximate surface area is 203 Å². The van der Waals surface area contributed by atoms with Crippen molar-refractivity contribution in [3.8, 4) is 0 Å². The van der Waals surface area contributed by atoms with E-state index in [1.165, 1.54) is 0 Å². The Bertz CT molecular complexity index is 1160. The van der Waals surface area contributed by atoms with E-state index in [4.69, 9.17) is 25.9 Å². The molecule has 34 heavy (non-hydrogen) atoms. The number of para-hydroxylation sites is 2. The molecule has 2 atom stereocenters. The molecule has 0 spiro atoms. The van der Waals surface area contributed by atoms with Crippen LogP contribution in [-0.4, -0.2) is 49.0 Å². The van der Waals surface area contributed by atoms with Crippen molar-refractivity contribution >= 4 is 34.6 Å². The molecule has 5 rings (SSSR count). The van der Waals surface area contributed by atoms with E-state index in [0.29, 0.717) is 30.4 Å². The van der Waals surface area contributed by atoms with Crippen molar-refractivity contribution in [3.05, 3.63) is 83.3 Å². The first-order valence-corrected chi connectivity index (χ1v) is 11.9. The smallest absolute Gasteiger partial charge is 0.265 e. The predicted molar refractivity (Wildman–Crippen MR) is 133 cm³/mol. The lowest BCUT2D eigenvalue weighted by Crippen LogP contribution is -2.40. The van der Waals surface area contributed by atoms with E-state index >= 15 is 0 Å². The molecular weight excluding hydrogens is 452 g/mol. The van der Waals surface area contributed by atoms with Gasteiger partial charge >= 0.3 is 0 Å². The molecule has 0 unspecified atom stereocenters. The highest BCUT2D eigenvalue weighted by molar-refractivity contribution is 6.30. The lowest BCUT2D eigenvalue weighted by molar-refractivity contribution is -0.133. The number of hydrogen-bond acceptors (Lipinski definition) is 6. The monoisotopic (exact) mass is 478 g/mol. The first-order valence-electron chi connectivity index (χ1n) is 11.5. The van der Waals surface area contributed by atoms with Gasteiger partial charge in [0.25, 0.3) is 5.91 Å². The molecule has 176 valence electrons. The maximum absolute atomic E-state index is 13.6. The number of hydrogen-bond donors (Lipinski definition) is 1. The largest absolute Gasteiger partial charge is 0.467 e. The number of carbonyl (C=O) groups excluding carboxylic acids is 1. The Morgan fingerprint density at radius 1 is 1.09 bits per heavy atom. The predicted octanol–water partition coefficient (Wildman–Crippen LogP) is 4.95. The Hall–Kier alpha value is -3.29. The number of benzene rings is 2. The Kier molecular flexibility index (Phi) is 6.56. The Morgan fingerprint density at radius 3 is 2.59 bits per heavy atom. The molecule has 2 aromatic carbocycles. The molecule has 1 N–H and O–H groups in total. The molecule has 2 aliphatic rings. The summed E-state index contributed by atoms with van der Waals surface area (Å²) in [5.74, 6) is 0.587. The summed E-state index contributed by atoms with van der Waals surface area (Å²) in [6.07, 6.45) is 2.19. The molecular formula is C26H27ClN4O3. The van der Waals surface area contributed by atoms with Gasteiger partial charge in [-0.25, -0.2) is 5.01 Å². The summed E-state index contributed by atoms with van der Waals surface area (Å²) < 4.78 is 11.2. The minimum absolute atomic E-state index is 0.123. The summed E-state index contributed by atoms with van der Waals surface area (Å²) in [6, 6.07) is 18.5. The number of nitrogens with zero attached hydrogens (tertiary/aromatic N) is 3. The van der Waals surface area contributed by atoms with Gasteiger partial charge in [0.2, 0.25) is 0 Å². The number of halogens is 1. The van der Waals surface area contributed by atoms with Crippen molar-refractivity contribution in [1.29, 1.82) is 0 Å². The fraction of sp³-hybridized carbons (Fsp3) is 0.308. The normalized spacial score (nSPS) is 19.1. The van der Waals surface area contributed by atoms with Gasteiger partial charge in [0, 0.05) is 24.5 Å². The molecule has 2 aliphatic heterocycles. The number of morpholine rings is 1. The van der Waals surface area contributed by atoms with Gasteiger partial charge < -0.3 is 19.4 Å². The SMILES string of the molecule is C[C@@H](Nc1ccccc1N1CCOCC1)C(=O)N1N=C(c2ccc(Cl)cc2)C[C@H]1c1ccco1. The van der Waals surface area contributed by atoms with Crippen LogP contribution < -0.4 is 10.2 Å². The van der Waals surface area contributed by atoms with Crippen LogP contribution in [-0.2, 0) is 9.53 Å². The van der Waals surface area contributed by atoms with Crippen molar-refractivity contribution in [2.24, 2.45) is 5.10 Å². The fourth-order valence-corrected chi connectivity index (χ4v) is 4.53. The van der Waals surface area contributed by atoms with Gasteiger partial charge in [-0.2, -0.15) is 5.10 Å². The third-order valence-electron chi connectivity index (χ3n) is 6.18. The number of carbonyl (C=O) groups is 1. The van der Waals surface area contributed by atoms with E-state index < -0.39 is 6.04 Å². The summed E-state index contributed by atoms with van der Waals surface area (Å²) in [7, 11) is 0. The lowest BCUT2D eigenvalue weighted by atomic mass is 10.0. The quantitative estimate of drug-likeness (QED) is 0.543. The second-order valence-electron chi connectivity index (χ2n) is 8.45. The molecule has 0 saturated carbocycles. The van der Waals surface area contributed by atoms with Crippen molar-refractivity contribution in [1.82, 2.24) is 5.01 Å². The number of furan rings is 1. The van der Waals surface area contributed by atoms with E-state index in [1.807, 2.05) is 61.5 Å². The van der Waals surface area contributed by atoms with Crippen LogP contribution in [0.2, 0.25) is 5.02 Å². The number of anilines is 2. The standard InChI is InChI=1S/C26H27ClN4O3/c1-18(28-21-5-2-3-6-23(21)30-12-15-33-16-13-30)26(32)31-24(25-7-4-14-34-25)17-22(29-31)19-8-10-20(27)11-9-19/h2-11,14,18,24,28H,12-13,15-17H2,1H3/t18-,24+/m1/s1. The highest BCUT2D eigenvalue weighted by Crippen LogP contribution is 2.34. The van der Waals surface area contributed by atoms with Gasteiger partial charge in [-0.15, -0.1) is 0 Å². The van der Waals surface area contributed by atoms with Crippen molar-refractivity contribution in [3.63, 3.8) is 0 Å². The van der Waals surface area contributed by atoms with Gasteiger partial charge in [-0.3, -0.25) is 4.79 Å². The number of hydrazone groups is 1. The third-order valence-corrected chi connectivity index (χ3v) is 6.44. The van der Waals surface area contributed by atoms with Gasteiger partial charge in [0.05, 0.1) is 36.6 Å². The Morgan fingerprint density at radius 2 is 1.85 bits per heavy atom. The molecule has 1 fully saturated rings. The highest BCUT2D eigenvalue weighted by Gasteiger charge is 2.37. The second-order valence-corrected chi connectivity index (χ2v) is 8.89. The molecule has 0 aliphatic carbocycles. The zero-order valence-electron chi connectivity index (χ0n) is 19.0. The average Bonchev–Trinajstić information content (AvgIpc) is 3.55. The van der Waals surface area contributed by atoms with Crippen molar-refractivity contribution in [2.75, 3.05) is 36.5 Å². The van der Waals surface area contributed by atoms with Crippen LogP contribution in [0.25, 0.3) is 0 Å². The van der Waals surface area contributed by atoms with Gasteiger partial charge in [-0.1, -0.05) is 35.9 Å². The van der Waals surface area contributed by atoms with E-state index in [0.717, 1.165) is 35.7 Å². The zero-order chi connectivity index (χ0) is 23.5. The van der Waals surface area contributed by atoms with Crippen LogP contribution in [0, 0.1) is 0 Å². The zero-order valence-corrected chi connectivity index (χ0v) is 19.7. The van der Waals surface area contributed by atoms with Crippen molar-refractivity contribution in [2.45, 2.75) is 25.4 Å². The van der Waals surface area contributed by atoms with E-state index in [9.17, 15) is 4.79 Å². The van der Waals surface area contributed by atoms with E-state index in [-0.39, 0.29) is 11.9 Å². The molecule has 0 radical (unpaired) electrons. The third kappa shape index (κ3) is 4.67. The fourth-order valence-electron chi connectivity index (χ4n) is 4.40. The summed E-state index contributed by atoms with van der Waals surface area (Å²) >= 11 is 6.06. The van der Waals surface area contributed by atoms with Crippen LogP contribution in [0.1, 0.15) is 30.7 Å². The summed E-state index contributed by atoms with van der Waals surface area (Å²) in [4.78, 5) is 15.9. The molecule has 3 aromatic rings. The molecule has 8 heteroatoms. The summed E-state index contributed by atoms with van der Waals surface area (Å²) in [5, 5.41) is 10.4. The van der Waals surface area contributed by atoms with Gasteiger partial charge in [0.15, 0.2) is 0 Å². The lowest BCUT2D eigenvalue weighted by Gasteiger charge is -2.31. The number of amides is 1. The van der Waals surface area contributed by atoms with Crippen LogP contribution in [0.15, 0.2) is 76.4 Å². The molecule has 1 saturated heterocycles. The highest BCUT2D eigenvalue weighted by atomic mass is 35.5. The minimum atomic E-state index is -0.493. The van der Waals surface area contributed by atoms with E-state index in [1.54, 1.807) is 11.3 Å². The van der Waals surface area contributed by atoms with Gasteiger partial charge in [0.1, 0.15) is 17.8 Å². The summed E-state index contributed by atoms with van der Waals surface area (Å²) in [5.41, 5.74) is 3.75. The molecule has 1 amide bonds. The van der Waals surface area contributed by atoms with Gasteiger partial charge in [-0.05, 0) is 48.9 Å².